The molecule has 3 aromatic rings. The van der Waals surface area contributed by atoms with Gasteiger partial charge in [-0.05, 0) is 32.0 Å². The molecule has 1 amide bonds. The summed E-state index contributed by atoms with van der Waals surface area (Å²) in [5, 5.41) is 12.4. The Hall–Kier alpha value is -2.31. The molecule has 1 N–H and O–H groups in total. The predicted molar refractivity (Wildman–Crippen MR) is 107 cm³/mol. The van der Waals surface area contributed by atoms with Gasteiger partial charge >= 0.3 is 0 Å². The van der Waals surface area contributed by atoms with Crippen LogP contribution in [0, 0.1) is 0 Å². The van der Waals surface area contributed by atoms with Gasteiger partial charge in [-0.1, -0.05) is 59.8 Å². The zero-order chi connectivity index (χ0) is 18.5. The van der Waals surface area contributed by atoms with Crippen molar-refractivity contribution in [2.45, 2.75) is 30.8 Å². The third-order valence-electron chi connectivity index (χ3n) is 3.81. The second-order valence-electron chi connectivity index (χ2n) is 5.68. The number of nitrogens with one attached hydrogen (secondary N) is 1. The molecule has 1 atom stereocenters. The summed E-state index contributed by atoms with van der Waals surface area (Å²) in [6.07, 6.45) is 0. The highest BCUT2D eigenvalue weighted by molar-refractivity contribution is 8.00. The lowest BCUT2D eigenvalue weighted by molar-refractivity contribution is -0.115. The molecule has 0 spiro atoms. The number of hydrogen-bond acceptors (Lipinski definition) is 4. The van der Waals surface area contributed by atoms with Gasteiger partial charge in [0.05, 0.1) is 5.25 Å². The maximum atomic E-state index is 12.5. The number of rotatable bonds is 6. The minimum absolute atomic E-state index is 0.107. The fourth-order valence-corrected chi connectivity index (χ4v) is 3.59. The van der Waals surface area contributed by atoms with Crippen LogP contribution in [0.4, 0.5) is 5.69 Å². The molecule has 3 rings (SSSR count). The molecule has 0 saturated heterocycles. The average molecular weight is 387 g/mol. The molecule has 0 radical (unpaired) electrons. The fraction of sp³-hybridized carbons (Fsp3) is 0.211. The molecule has 1 unspecified atom stereocenters. The number of carbonyl (C=O) groups is 1. The zero-order valence-corrected chi connectivity index (χ0v) is 16.1. The highest BCUT2D eigenvalue weighted by Gasteiger charge is 2.20. The molecule has 2 aromatic carbocycles. The van der Waals surface area contributed by atoms with Gasteiger partial charge in [0.1, 0.15) is 0 Å². The summed E-state index contributed by atoms with van der Waals surface area (Å²) in [4.78, 5) is 12.5. The standard InChI is InChI=1S/C19H19ClN4OS/c1-3-24-17(14-8-5-4-6-9-14)22-23-19(24)26-13(2)18(25)21-16-11-7-10-15(20)12-16/h4-13H,3H2,1-2H3,(H,21,25). The Bertz CT molecular complexity index is 898. The van der Waals surface area contributed by atoms with Crippen LogP contribution in [0.5, 0.6) is 0 Å². The van der Waals surface area contributed by atoms with Gasteiger partial charge in [-0.25, -0.2) is 0 Å². The van der Waals surface area contributed by atoms with Crippen LogP contribution in [0.3, 0.4) is 0 Å². The van der Waals surface area contributed by atoms with Gasteiger partial charge in [-0.3, -0.25) is 4.79 Å². The maximum Gasteiger partial charge on any atom is 0.237 e. The van der Waals surface area contributed by atoms with E-state index in [1.54, 1.807) is 18.2 Å². The first-order chi connectivity index (χ1) is 12.6. The molecule has 0 aliphatic rings. The summed E-state index contributed by atoms with van der Waals surface area (Å²) >= 11 is 7.35. The molecular weight excluding hydrogens is 368 g/mol. The van der Waals surface area contributed by atoms with E-state index in [9.17, 15) is 4.79 Å². The Morgan fingerprint density at radius 3 is 2.65 bits per heavy atom. The van der Waals surface area contributed by atoms with E-state index < -0.39 is 0 Å². The molecule has 134 valence electrons. The maximum absolute atomic E-state index is 12.5. The van der Waals surface area contributed by atoms with E-state index in [0.29, 0.717) is 10.7 Å². The first-order valence-electron chi connectivity index (χ1n) is 8.30. The predicted octanol–water partition coefficient (Wildman–Crippen LogP) is 4.74. The number of thioether (sulfide) groups is 1. The SMILES string of the molecule is CCn1c(SC(C)C(=O)Nc2cccc(Cl)c2)nnc1-c1ccccc1. The molecule has 0 bridgehead atoms. The van der Waals surface area contributed by atoms with Crippen LogP contribution in [0.2, 0.25) is 5.02 Å². The van der Waals surface area contributed by atoms with E-state index in [-0.39, 0.29) is 11.2 Å². The van der Waals surface area contributed by atoms with E-state index in [1.807, 2.05) is 54.8 Å². The van der Waals surface area contributed by atoms with Crippen LogP contribution in [0.15, 0.2) is 59.8 Å². The minimum Gasteiger partial charge on any atom is -0.325 e. The number of anilines is 1. The van der Waals surface area contributed by atoms with E-state index >= 15 is 0 Å². The van der Waals surface area contributed by atoms with Gasteiger partial charge in [0.15, 0.2) is 11.0 Å². The summed E-state index contributed by atoms with van der Waals surface area (Å²) in [6.45, 7) is 4.61. The minimum atomic E-state index is -0.327. The molecule has 0 aliphatic carbocycles. The van der Waals surface area contributed by atoms with Crippen LogP contribution in [-0.2, 0) is 11.3 Å². The van der Waals surface area contributed by atoms with Gasteiger partial charge in [0.2, 0.25) is 5.91 Å². The highest BCUT2D eigenvalue weighted by Crippen LogP contribution is 2.27. The van der Waals surface area contributed by atoms with Gasteiger partial charge in [-0.2, -0.15) is 0 Å². The van der Waals surface area contributed by atoms with Crippen molar-refractivity contribution in [2.75, 3.05) is 5.32 Å². The lowest BCUT2D eigenvalue weighted by Gasteiger charge is -2.13. The van der Waals surface area contributed by atoms with Crippen LogP contribution >= 0.6 is 23.4 Å². The van der Waals surface area contributed by atoms with Crippen molar-refractivity contribution in [3.8, 4) is 11.4 Å². The van der Waals surface area contributed by atoms with Crippen molar-refractivity contribution in [3.05, 3.63) is 59.6 Å². The van der Waals surface area contributed by atoms with Gasteiger partial charge in [0, 0.05) is 22.8 Å². The summed E-state index contributed by atoms with van der Waals surface area (Å²) in [5.74, 6) is 0.697. The van der Waals surface area contributed by atoms with Gasteiger partial charge in [0.25, 0.3) is 0 Å². The van der Waals surface area contributed by atoms with Crippen molar-refractivity contribution in [1.82, 2.24) is 14.8 Å². The van der Waals surface area contributed by atoms with Gasteiger partial charge < -0.3 is 9.88 Å². The molecule has 0 fully saturated rings. The van der Waals surface area contributed by atoms with E-state index in [4.69, 9.17) is 11.6 Å². The largest absolute Gasteiger partial charge is 0.325 e. The van der Waals surface area contributed by atoms with Crippen LogP contribution in [-0.4, -0.2) is 25.9 Å². The summed E-state index contributed by atoms with van der Waals surface area (Å²) in [5.41, 5.74) is 1.68. The third-order valence-corrected chi connectivity index (χ3v) is 5.12. The summed E-state index contributed by atoms with van der Waals surface area (Å²) in [7, 11) is 0. The van der Waals surface area contributed by atoms with Crippen LogP contribution in [0.25, 0.3) is 11.4 Å². The molecule has 5 nitrogen and oxygen atoms in total. The average Bonchev–Trinajstić information content (AvgIpc) is 3.05. The first-order valence-corrected chi connectivity index (χ1v) is 9.56. The summed E-state index contributed by atoms with van der Waals surface area (Å²) in [6, 6.07) is 17.0. The molecule has 1 aromatic heterocycles. The van der Waals surface area contributed by atoms with Crippen molar-refractivity contribution in [2.24, 2.45) is 0 Å². The Kier molecular flexibility index (Phi) is 5.96. The summed E-state index contributed by atoms with van der Waals surface area (Å²) < 4.78 is 2.02. The number of carbonyl (C=O) groups excluding carboxylic acids is 1. The first kappa shape index (κ1) is 18.5. The molecule has 7 heteroatoms. The van der Waals surface area contributed by atoms with Crippen LogP contribution < -0.4 is 5.32 Å². The number of benzene rings is 2. The lowest BCUT2D eigenvalue weighted by Crippen LogP contribution is -2.22. The smallest absolute Gasteiger partial charge is 0.237 e. The van der Waals surface area contributed by atoms with E-state index in [0.717, 1.165) is 23.1 Å². The Morgan fingerprint density at radius 2 is 1.96 bits per heavy atom. The monoisotopic (exact) mass is 386 g/mol. The van der Waals surface area contributed by atoms with E-state index in [1.165, 1.54) is 11.8 Å². The fourth-order valence-electron chi connectivity index (χ4n) is 2.48. The van der Waals surface area contributed by atoms with Crippen molar-refractivity contribution in [1.29, 1.82) is 0 Å². The van der Waals surface area contributed by atoms with Crippen molar-refractivity contribution in [3.63, 3.8) is 0 Å². The highest BCUT2D eigenvalue weighted by atomic mass is 35.5. The number of halogens is 1. The number of amides is 1. The number of hydrogen-bond donors (Lipinski definition) is 1. The number of nitrogens with zero attached hydrogens (tertiary/aromatic N) is 3. The topological polar surface area (TPSA) is 59.8 Å². The van der Waals surface area contributed by atoms with Crippen molar-refractivity contribution >= 4 is 35.0 Å². The Balaban J connectivity index is 1.74. The normalized spacial score (nSPS) is 12.0. The lowest BCUT2D eigenvalue weighted by atomic mass is 10.2. The zero-order valence-electron chi connectivity index (χ0n) is 14.5. The van der Waals surface area contributed by atoms with E-state index in [2.05, 4.69) is 15.5 Å². The quantitative estimate of drug-likeness (QED) is 0.622. The van der Waals surface area contributed by atoms with Crippen molar-refractivity contribution < 1.29 is 4.79 Å². The Labute approximate surface area is 161 Å². The molecular formula is C19H19ClN4OS. The third kappa shape index (κ3) is 4.26. The molecule has 26 heavy (non-hydrogen) atoms. The molecule has 1 heterocycles. The second kappa shape index (κ2) is 8.38. The number of aromatic nitrogens is 3. The molecule has 0 saturated carbocycles. The molecule has 0 aliphatic heterocycles. The van der Waals surface area contributed by atoms with Gasteiger partial charge in [-0.15, -0.1) is 10.2 Å². The Morgan fingerprint density at radius 1 is 1.19 bits per heavy atom. The second-order valence-corrected chi connectivity index (χ2v) is 7.42. The van der Waals surface area contributed by atoms with Crippen LogP contribution in [0.1, 0.15) is 13.8 Å².